The topological polar surface area (TPSA) is 78.9 Å². The van der Waals surface area contributed by atoms with Crippen LogP contribution in [0, 0.1) is 17.8 Å². The van der Waals surface area contributed by atoms with Crippen LogP contribution in [-0.2, 0) is 11.3 Å². The van der Waals surface area contributed by atoms with Crippen LogP contribution in [0.15, 0.2) is 24.3 Å². The van der Waals surface area contributed by atoms with Gasteiger partial charge in [-0.3, -0.25) is 4.79 Å². The third-order valence-electron chi connectivity index (χ3n) is 4.80. The maximum absolute atomic E-state index is 12.3. The third-order valence-corrected chi connectivity index (χ3v) is 4.80. The highest BCUT2D eigenvalue weighted by Gasteiger charge is 2.46. The maximum Gasteiger partial charge on any atom is 0.317 e. The fourth-order valence-corrected chi connectivity index (χ4v) is 3.29. The molecular formula is C17H22N2O4. The van der Waals surface area contributed by atoms with E-state index in [-0.39, 0.29) is 11.9 Å². The van der Waals surface area contributed by atoms with E-state index in [1.165, 1.54) is 0 Å². The Labute approximate surface area is 135 Å². The maximum atomic E-state index is 12.3. The fourth-order valence-electron chi connectivity index (χ4n) is 3.29. The molecular weight excluding hydrogens is 296 g/mol. The summed E-state index contributed by atoms with van der Waals surface area (Å²) in [5.41, 5.74) is 0.979. The summed E-state index contributed by atoms with van der Waals surface area (Å²) in [5, 5.41) is 12.2. The van der Waals surface area contributed by atoms with Crippen LogP contribution in [0.25, 0.3) is 0 Å². The van der Waals surface area contributed by atoms with Gasteiger partial charge >= 0.3 is 12.0 Å². The van der Waals surface area contributed by atoms with Crippen molar-refractivity contribution in [1.29, 1.82) is 0 Å². The second kappa shape index (κ2) is 6.48. The van der Waals surface area contributed by atoms with Crippen molar-refractivity contribution in [3.8, 4) is 5.75 Å². The molecule has 1 saturated heterocycles. The molecule has 6 heteroatoms. The molecule has 3 rings (SSSR count). The molecule has 2 N–H and O–H groups in total. The molecule has 6 nitrogen and oxygen atoms in total. The van der Waals surface area contributed by atoms with E-state index in [1.807, 2.05) is 24.3 Å². The lowest BCUT2D eigenvalue weighted by Gasteiger charge is -2.17. The molecule has 23 heavy (non-hydrogen) atoms. The largest absolute Gasteiger partial charge is 0.497 e. The number of likely N-dealkylation sites (tertiary alicyclic amines) is 1. The first kappa shape index (κ1) is 15.6. The molecule has 1 aliphatic heterocycles. The van der Waals surface area contributed by atoms with Crippen LogP contribution in [0.2, 0.25) is 0 Å². The van der Waals surface area contributed by atoms with E-state index < -0.39 is 11.9 Å². The molecule has 0 radical (unpaired) electrons. The molecule has 2 aliphatic rings. The van der Waals surface area contributed by atoms with E-state index in [1.54, 1.807) is 12.0 Å². The number of rotatable bonds is 5. The number of amides is 2. The van der Waals surface area contributed by atoms with Gasteiger partial charge in [0.2, 0.25) is 0 Å². The first-order valence-electron chi connectivity index (χ1n) is 7.97. The molecule has 0 bridgehead atoms. The summed E-state index contributed by atoms with van der Waals surface area (Å²) >= 11 is 0. The van der Waals surface area contributed by atoms with E-state index in [4.69, 9.17) is 4.74 Å². The fraction of sp³-hybridized carbons (Fsp3) is 0.529. The second-order valence-electron chi connectivity index (χ2n) is 6.36. The van der Waals surface area contributed by atoms with Crippen LogP contribution >= 0.6 is 0 Å². The Hall–Kier alpha value is -2.24. The number of carbonyl (C=O) groups excluding carboxylic acids is 1. The van der Waals surface area contributed by atoms with Crippen LogP contribution in [0.1, 0.15) is 18.4 Å². The van der Waals surface area contributed by atoms with E-state index in [2.05, 4.69) is 5.32 Å². The van der Waals surface area contributed by atoms with Crippen molar-refractivity contribution in [3.05, 3.63) is 29.8 Å². The van der Waals surface area contributed by atoms with Crippen molar-refractivity contribution in [2.24, 2.45) is 17.8 Å². The van der Waals surface area contributed by atoms with Gasteiger partial charge in [0.25, 0.3) is 0 Å². The van der Waals surface area contributed by atoms with Crippen LogP contribution in [0.3, 0.4) is 0 Å². The molecule has 0 aromatic heterocycles. The molecule has 1 saturated carbocycles. The number of carboxylic acid groups (broad SMARTS) is 1. The molecule has 2 fully saturated rings. The Balaban J connectivity index is 1.54. The molecule has 1 aromatic rings. The summed E-state index contributed by atoms with van der Waals surface area (Å²) in [7, 11) is 1.61. The van der Waals surface area contributed by atoms with Crippen LogP contribution < -0.4 is 10.1 Å². The third kappa shape index (κ3) is 3.57. The second-order valence-corrected chi connectivity index (χ2v) is 6.36. The molecule has 1 aliphatic carbocycles. The van der Waals surface area contributed by atoms with Gasteiger partial charge in [-0.1, -0.05) is 12.1 Å². The van der Waals surface area contributed by atoms with Crippen molar-refractivity contribution in [2.45, 2.75) is 19.4 Å². The van der Waals surface area contributed by atoms with Crippen LogP contribution in [0.4, 0.5) is 4.79 Å². The first-order chi connectivity index (χ1) is 11.1. The van der Waals surface area contributed by atoms with E-state index >= 15 is 0 Å². The standard InChI is InChI=1S/C17H22N2O4/c1-23-13-6-2-11(3-7-13)8-18-17(22)19-9-14(12-4-5-12)15(10-19)16(20)21/h2-3,6-7,12,14-15H,4-5,8-10H2,1H3,(H,18,22)(H,20,21). The summed E-state index contributed by atoms with van der Waals surface area (Å²) in [6.07, 6.45) is 2.19. The minimum Gasteiger partial charge on any atom is -0.497 e. The monoisotopic (exact) mass is 318 g/mol. The number of aliphatic carboxylic acids is 1. The Kier molecular flexibility index (Phi) is 4.41. The number of ether oxygens (including phenoxy) is 1. The lowest BCUT2D eigenvalue weighted by Crippen LogP contribution is -2.38. The average molecular weight is 318 g/mol. The van der Waals surface area contributed by atoms with E-state index in [0.717, 1.165) is 24.2 Å². The highest BCUT2D eigenvalue weighted by molar-refractivity contribution is 5.77. The quantitative estimate of drug-likeness (QED) is 0.870. The van der Waals surface area contributed by atoms with Gasteiger partial charge in [0.05, 0.1) is 13.0 Å². The number of carbonyl (C=O) groups is 2. The Morgan fingerprint density at radius 3 is 2.52 bits per heavy atom. The lowest BCUT2D eigenvalue weighted by molar-refractivity contribution is -0.142. The normalized spacial score (nSPS) is 23.6. The molecule has 2 unspecified atom stereocenters. The SMILES string of the molecule is COc1ccc(CNC(=O)N2CC(C(=O)O)C(C3CC3)C2)cc1. The van der Waals surface area contributed by atoms with Gasteiger partial charge in [-0.05, 0) is 42.4 Å². The summed E-state index contributed by atoms with van der Waals surface area (Å²) in [6, 6.07) is 7.31. The molecule has 124 valence electrons. The Morgan fingerprint density at radius 1 is 1.26 bits per heavy atom. The number of carboxylic acids is 1. The van der Waals surface area contributed by atoms with Gasteiger partial charge in [0.15, 0.2) is 0 Å². The summed E-state index contributed by atoms with van der Waals surface area (Å²) in [5.74, 6) is 0.160. The highest BCUT2D eigenvalue weighted by atomic mass is 16.5. The molecule has 1 aromatic carbocycles. The summed E-state index contributed by atoms with van der Waals surface area (Å²) in [6.45, 7) is 1.28. The Morgan fingerprint density at radius 2 is 1.96 bits per heavy atom. The number of nitrogens with one attached hydrogen (secondary N) is 1. The number of nitrogens with zero attached hydrogens (tertiary/aromatic N) is 1. The predicted molar refractivity (Wildman–Crippen MR) is 84.1 cm³/mol. The van der Waals surface area contributed by atoms with Crippen molar-refractivity contribution >= 4 is 12.0 Å². The smallest absolute Gasteiger partial charge is 0.317 e. The predicted octanol–water partition coefficient (Wildman–Crippen LogP) is 1.95. The molecule has 0 spiro atoms. The minimum absolute atomic E-state index is 0.110. The number of urea groups is 1. The van der Waals surface area contributed by atoms with Crippen LogP contribution in [0.5, 0.6) is 5.75 Å². The first-order valence-corrected chi connectivity index (χ1v) is 7.97. The van der Waals surface area contributed by atoms with Crippen LogP contribution in [-0.4, -0.2) is 42.2 Å². The van der Waals surface area contributed by atoms with E-state index in [9.17, 15) is 14.7 Å². The molecule has 2 amide bonds. The van der Waals surface area contributed by atoms with Gasteiger partial charge in [0, 0.05) is 19.6 Å². The summed E-state index contributed by atoms with van der Waals surface area (Å²) in [4.78, 5) is 25.3. The Bertz CT molecular complexity index is 583. The van der Waals surface area contributed by atoms with Crippen molar-refractivity contribution in [3.63, 3.8) is 0 Å². The number of hydrogen-bond acceptors (Lipinski definition) is 3. The van der Waals surface area contributed by atoms with E-state index in [0.29, 0.717) is 25.6 Å². The number of hydrogen-bond donors (Lipinski definition) is 2. The average Bonchev–Trinajstić information content (AvgIpc) is 3.31. The highest BCUT2D eigenvalue weighted by Crippen LogP contribution is 2.44. The zero-order valence-corrected chi connectivity index (χ0v) is 13.2. The van der Waals surface area contributed by atoms with Crippen molar-refractivity contribution in [2.75, 3.05) is 20.2 Å². The van der Waals surface area contributed by atoms with Gasteiger partial charge in [-0.2, -0.15) is 0 Å². The van der Waals surface area contributed by atoms with Crippen molar-refractivity contribution < 1.29 is 19.4 Å². The number of benzene rings is 1. The lowest BCUT2D eigenvalue weighted by atomic mass is 9.92. The zero-order valence-electron chi connectivity index (χ0n) is 13.2. The van der Waals surface area contributed by atoms with Crippen molar-refractivity contribution in [1.82, 2.24) is 10.2 Å². The minimum atomic E-state index is -0.785. The van der Waals surface area contributed by atoms with Gasteiger partial charge < -0.3 is 20.1 Å². The molecule has 2 atom stereocenters. The number of methoxy groups -OCH3 is 1. The molecule has 1 heterocycles. The van der Waals surface area contributed by atoms with Gasteiger partial charge in [-0.25, -0.2) is 4.79 Å². The van der Waals surface area contributed by atoms with Gasteiger partial charge in [0.1, 0.15) is 5.75 Å². The summed E-state index contributed by atoms with van der Waals surface area (Å²) < 4.78 is 5.10. The van der Waals surface area contributed by atoms with Gasteiger partial charge in [-0.15, -0.1) is 0 Å². The zero-order chi connectivity index (χ0) is 16.4.